The molecule has 7 heteroatoms. The molecule has 1 N–H and O–H groups in total. The Hall–Kier alpha value is -2.44. The van der Waals surface area contributed by atoms with Crippen LogP contribution in [-0.4, -0.2) is 32.2 Å². The van der Waals surface area contributed by atoms with E-state index in [-0.39, 0.29) is 30.1 Å². The average Bonchev–Trinajstić information content (AvgIpc) is 2.88. The molecule has 2 aromatic rings. The van der Waals surface area contributed by atoms with Crippen LogP contribution in [0, 0.1) is 5.92 Å². The number of hydrogen-bond acceptors (Lipinski definition) is 4. The SMILES string of the molecule is CC(C)C(CNC(=O)Cn1nnn(C2CCC2)c1=O)c1ccccc1. The second kappa shape index (κ2) is 7.63. The van der Waals surface area contributed by atoms with Gasteiger partial charge in [-0.3, -0.25) is 4.79 Å². The van der Waals surface area contributed by atoms with Gasteiger partial charge in [-0.1, -0.05) is 44.2 Å². The van der Waals surface area contributed by atoms with Crippen LogP contribution < -0.4 is 11.0 Å². The molecule has 0 saturated heterocycles. The molecule has 7 nitrogen and oxygen atoms in total. The van der Waals surface area contributed by atoms with Crippen molar-refractivity contribution in [1.29, 1.82) is 0 Å². The predicted molar refractivity (Wildman–Crippen MR) is 94.2 cm³/mol. The first-order valence-electron chi connectivity index (χ1n) is 8.90. The Labute approximate surface area is 147 Å². The van der Waals surface area contributed by atoms with E-state index in [4.69, 9.17) is 0 Å². The summed E-state index contributed by atoms with van der Waals surface area (Å²) < 4.78 is 2.54. The van der Waals surface area contributed by atoms with Crippen molar-refractivity contribution in [3.05, 3.63) is 46.4 Å². The molecule has 1 aliphatic carbocycles. The van der Waals surface area contributed by atoms with Crippen molar-refractivity contribution >= 4 is 5.91 Å². The summed E-state index contributed by atoms with van der Waals surface area (Å²) in [4.78, 5) is 24.5. The van der Waals surface area contributed by atoms with Crippen molar-refractivity contribution in [2.45, 2.75) is 51.6 Å². The van der Waals surface area contributed by atoms with Crippen LogP contribution in [0.4, 0.5) is 0 Å². The minimum absolute atomic E-state index is 0.0921. The first kappa shape index (κ1) is 17.4. The number of aromatic nitrogens is 4. The van der Waals surface area contributed by atoms with Crippen LogP contribution in [-0.2, 0) is 11.3 Å². The molecule has 1 aromatic carbocycles. The highest BCUT2D eigenvalue weighted by molar-refractivity contribution is 5.75. The van der Waals surface area contributed by atoms with E-state index in [0.717, 1.165) is 23.9 Å². The molecule has 0 spiro atoms. The highest BCUT2D eigenvalue weighted by Crippen LogP contribution is 2.29. The molecule has 1 saturated carbocycles. The number of carbonyl (C=O) groups is 1. The number of hydrogen-bond donors (Lipinski definition) is 1. The average molecular weight is 343 g/mol. The zero-order chi connectivity index (χ0) is 17.8. The molecule has 0 aliphatic heterocycles. The molecular weight excluding hydrogens is 318 g/mol. The number of nitrogens with one attached hydrogen (secondary N) is 1. The smallest absolute Gasteiger partial charge is 0.354 e. The van der Waals surface area contributed by atoms with Crippen LogP contribution >= 0.6 is 0 Å². The van der Waals surface area contributed by atoms with E-state index in [1.54, 1.807) is 0 Å². The quantitative estimate of drug-likeness (QED) is 0.830. The van der Waals surface area contributed by atoms with Crippen LogP contribution in [0.25, 0.3) is 0 Å². The molecular formula is C18H25N5O2. The van der Waals surface area contributed by atoms with Crippen molar-refractivity contribution < 1.29 is 4.79 Å². The van der Waals surface area contributed by atoms with Gasteiger partial charge < -0.3 is 5.32 Å². The normalized spacial score (nSPS) is 15.8. The summed E-state index contributed by atoms with van der Waals surface area (Å²) in [6.45, 7) is 4.72. The molecule has 1 amide bonds. The third kappa shape index (κ3) is 3.97. The summed E-state index contributed by atoms with van der Waals surface area (Å²) in [7, 11) is 0. The molecule has 1 atom stereocenters. The number of benzene rings is 1. The van der Waals surface area contributed by atoms with E-state index < -0.39 is 0 Å². The monoisotopic (exact) mass is 343 g/mol. The highest BCUT2D eigenvalue weighted by atomic mass is 16.2. The van der Waals surface area contributed by atoms with Crippen molar-refractivity contribution in [1.82, 2.24) is 25.1 Å². The third-order valence-electron chi connectivity index (χ3n) is 4.93. The van der Waals surface area contributed by atoms with Gasteiger partial charge in [0.05, 0.1) is 6.04 Å². The minimum Gasteiger partial charge on any atom is -0.354 e. The lowest BCUT2D eigenvalue weighted by Gasteiger charge is -2.23. The molecule has 3 rings (SSSR count). The van der Waals surface area contributed by atoms with Crippen molar-refractivity contribution in [3.8, 4) is 0 Å². The maximum atomic E-state index is 12.2. The molecule has 1 fully saturated rings. The molecule has 1 heterocycles. The fraction of sp³-hybridized carbons (Fsp3) is 0.556. The summed E-state index contributed by atoms with van der Waals surface area (Å²) in [5.41, 5.74) is 0.897. The van der Waals surface area contributed by atoms with Crippen LogP contribution in [0.2, 0.25) is 0 Å². The Morgan fingerprint density at radius 1 is 1.24 bits per heavy atom. The number of tetrazole rings is 1. The zero-order valence-corrected chi connectivity index (χ0v) is 14.8. The largest absolute Gasteiger partial charge is 0.364 e. The second-order valence-corrected chi connectivity index (χ2v) is 7.01. The van der Waals surface area contributed by atoms with Gasteiger partial charge in [-0.15, -0.1) is 0 Å². The maximum Gasteiger partial charge on any atom is 0.364 e. The second-order valence-electron chi connectivity index (χ2n) is 7.01. The molecule has 134 valence electrons. The molecule has 0 radical (unpaired) electrons. The van der Waals surface area contributed by atoms with Crippen molar-refractivity contribution in [3.63, 3.8) is 0 Å². The number of nitrogens with zero attached hydrogens (tertiary/aromatic N) is 4. The molecule has 1 unspecified atom stereocenters. The zero-order valence-electron chi connectivity index (χ0n) is 14.8. The lowest BCUT2D eigenvalue weighted by molar-refractivity contribution is -0.122. The summed E-state index contributed by atoms with van der Waals surface area (Å²) in [5.74, 6) is 0.404. The van der Waals surface area contributed by atoms with Crippen LogP contribution in [0.15, 0.2) is 35.1 Å². The van der Waals surface area contributed by atoms with Gasteiger partial charge in [-0.05, 0) is 41.2 Å². The van der Waals surface area contributed by atoms with E-state index >= 15 is 0 Å². The number of amides is 1. The first-order chi connectivity index (χ1) is 12.1. The summed E-state index contributed by atoms with van der Waals surface area (Å²) in [6, 6.07) is 10.3. The summed E-state index contributed by atoms with van der Waals surface area (Å²) in [5, 5.41) is 10.7. The first-order valence-corrected chi connectivity index (χ1v) is 8.90. The van der Waals surface area contributed by atoms with Gasteiger partial charge >= 0.3 is 5.69 Å². The predicted octanol–water partition coefficient (Wildman–Crippen LogP) is 1.72. The van der Waals surface area contributed by atoms with E-state index in [0.29, 0.717) is 12.5 Å². The highest BCUT2D eigenvalue weighted by Gasteiger charge is 2.24. The van der Waals surface area contributed by atoms with Crippen LogP contribution in [0.5, 0.6) is 0 Å². The number of rotatable bonds is 7. The lowest BCUT2D eigenvalue weighted by Crippen LogP contribution is -2.37. The minimum atomic E-state index is -0.302. The molecule has 25 heavy (non-hydrogen) atoms. The maximum absolute atomic E-state index is 12.2. The Bertz CT molecular complexity index is 761. The van der Waals surface area contributed by atoms with Gasteiger partial charge in [0.2, 0.25) is 5.91 Å². The van der Waals surface area contributed by atoms with Crippen molar-refractivity contribution in [2.24, 2.45) is 5.92 Å². The van der Waals surface area contributed by atoms with E-state index in [1.807, 2.05) is 18.2 Å². The summed E-state index contributed by atoms with van der Waals surface area (Å²) in [6.07, 6.45) is 3.02. The van der Waals surface area contributed by atoms with Gasteiger partial charge in [0.25, 0.3) is 0 Å². The Balaban J connectivity index is 1.59. The molecule has 0 bridgehead atoms. The van der Waals surface area contributed by atoms with Gasteiger partial charge in [-0.2, -0.15) is 9.36 Å². The standard InChI is InChI=1S/C18H25N5O2/c1-13(2)16(14-7-4-3-5-8-14)11-19-17(24)12-22-18(25)23(21-20-22)15-9-6-10-15/h3-5,7-8,13,15-16H,6,9-12H2,1-2H3,(H,19,24). The topological polar surface area (TPSA) is 81.8 Å². The van der Waals surface area contributed by atoms with Gasteiger partial charge in [0, 0.05) is 12.5 Å². The van der Waals surface area contributed by atoms with Gasteiger partial charge in [-0.25, -0.2) is 4.79 Å². The lowest BCUT2D eigenvalue weighted by atomic mass is 9.88. The van der Waals surface area contributed by atoms with Crippen LogP contribution in [0.3, 0.4) is 0 Å². The fourth-order valence-corrected chi connectivity index (χ4v) is 3.10. The van der Waals surface area contributed by atoms with Gasteiger partial charge in [0.1, 0.15) is 6.54 Å². The summed E-state index contributed by atoms with van der Waals surface area (Å²) >= 11 is 0. The third-order valence-corrected chi connectivity index (χ3v) is 4.93. The Kier molecular flexibility index (Phi) is 5.31. The Morgan fingerprint density at radius 3 is 2.56 bits per heavy atom. The molecule has 1 aliphatic rings. The Morgan fingerprint density at radius 2 is 1.96 bits per heavy atom. The molecule has 1 aromatic heterocycles. The van der Waals surface area contributed by atoms with E-state index in [9.17, 15) is 9.59 Å². The van der Waals surface area contributed by atoms with Crippen molar-refractivity contribution in [2.75, 3.05) is 6.54 Å². The fourth-order valence-electron chi connectivity index (χ4n) is 3.10. The van der Waals surface area contributed by atoms with Crippen LogP contribution in [0.1, 0.15) is 50.6 Å². The van der Waals surface area contributed by atoms with E-state index in [2.05, 4.69) is 41.7 Å². The van der Waals surface area contributed by atoms with E-state index in [1.165, 1.54) is 10.2 Å². The van der Waals surface area contributed by atoms with Gasteiger partial charge in [0.15, 0.2) is 0 Å². The number of carbonyl (C=O) groups excluding carboxylic acids is 1.